The molecular formula is C32H38Cl4N2O2. The molecule has 0 spiro atoms. The van der Waals surface area contributed by atoms with Crippen LogP contribution in [-0.4, -0.2) is 49.5 Å². The molecule has 4 nitrogen and oxygen atoms in total. The zero-order valence-corrected chi connectivity index (χ0v) is 26.2. The zero-order valence-electron chi connectivity index (χ0n) is 23.1. The van der Waals surface area contributed by atoms with Gasteiger partial charge < -0.3 is 9.64 Å². The van der Waals surface area contributed by atoms with Crippen LogP contribution in [0, 0.1) is 5.92 Å². The molecule has 1 heterocycles. The predicted octanol–water partition coefficient (Wildman–Crippen LogP) is 8.55. The van der Waals surface area contributed by atoms with E-state index in [1.807, 2.05) is 66.5 Å². The van der Waals surface area contributed by atoms with E-state index >= 15 is 0 Å². The average Bonchev–Trinajstić information content (AvgIpc) is 2.93. The lowest BCUT2D eigenvalue weighted by Crippen LogP contribution is -2.34. The minimum atomic E-state index is 0. The molecule has 3 aromatic carbocycles. The summed E-state index contributed by atoms with van der Waals surface area (Å²) in [6, 6.07) is 21.7. The number of halogens is 4. The number of likely N-dealkylation sites (N-methyl/N-ethyl adjacent to an activating group) is 1. The van der Waals surface area contributed by atoms with Crippen molar-refractivity contribution in [2.24, 2.45) is 5.92 Å². The SMILES string of the molecule is COc1ccc(CN2CCC(CCC(CN(C)C(=O)Cc3cccc(Cl)c3)c3ccc(Cl)c(Cl)c3)CC2)cc1.Cl. The quantitative estimate of drug-likeness (QED) is 0.214. The molecule has 1 aliphatic rings. The number of piperidine rings is 1. The Balaban J connectivity index is 0.00000441. The molecule has 3 aromatic rings. The van der Waals surface area contributed by atoms with Gasteiger partial charge in [0.2, 0.25) is 5.91 Å². The fraction of sp³-hybridized carbons (Fsp3) is 0.406. The number of carbonyl (C=O) groups is 1. The molecule has 0 radical (unpaired) electrons. The van der Waals surface area contributed by atoms with Gasteiger partial charge in [-0.1, -0.05) is 65.1 Å². The van der Waals surface area contributed by atoms with Gasteiger partial charge in [0.15, 0.2) is 0 Å². The van der Waals surface area contributed by atoms with E-state index in [1.165, 1.54) is 18.4 Å². The van der Waals surface area contributed by atoms with Crippen LogP contribution in [0.25, 0.3) is 0 Å². The number of methoxy groups -OCH3 is 1. The van der Waals surface area contributed by atoms with E-state index in [9.17, 15) is 4.79 Å². The normalized spacial score (nSPS) is 14.8. The lowest BCUT2D eigenvalue weighted by Gasteiger charge is -2.33. The Hall–Kier alpha value is -1.95. The van der Waals surface area contributed by atoms with Gasteiger partial charge in [-0.25, -0.2) is 0 Å². The summed E-state index contributed by atoms with van der Waals surface area (Å²) in [4.78, 5) is 17.4. The second-order valence-corrected chi connectivity index (χ2v) is 11.8. The summed E-state index contributed by atoms with van der Waals surface area (Å²) in [5.41, 5.74) is 3.37. The number of hydrogen-bond donors (Lipinski definition) is 0. The largest absolute Gasteiger partial charge is 0.497 e. The van der Waals surface area contributed by atoms with Gasteiger partial charge in [-0.3, -0.25) is 9.69 Å². The van der Waals surface area contributed by atoms with E-state index in [2.05, 4.69) is 17.0 Å². The monoisotopic (exact) mass is 622 g/mol. The van der Waals surface area contributed by atoms with E-state index in [0.29, 0.717) is 34.0 Å². The van der Waals surface area contributed by atoms with E-state index in [0.717, 1.165) is 49.4 Å². The van der Waals surface area contributed by atoms with Gasteiger partial charge in [0, 0.05) is 31.1 Å². The summed E-state index contributed by atoms with van der Waals surface area (Å²) in [7, 11) is 3.58. The van der Waals surface area contributed by atoms with Crippen molar-refractivity contribution >= 4 is 53.1 Å². The van der Waals surface area contributed by atoms with E-state index in [4.69, 9.17) is 39.5 Å². The van der Waals surface area contributed by atoms with Crippen molar-refractivity contribution in [3.05, 3.63) is 98.5 Å². The van der Waals surface area contributed by atoms with Crippen LogP contribution in [0.4, 0.5) is 0 Å². The zero-order chi connectivity index (χ0) is 27.8. The van der Waals surface area contributed by atoms with Crippen LogP contribution < -0.4 is 4.74 Å². The summed E-state index contributed by atoms with van der Waals surface area (Å²) < 4.78 is 5.28. The fourth-order valence-electron chi connectivity index (χ4n) is 5.38. The maximum Gasteiger partial charge on any atom is 0.226 e. The van der Waals surface area contributed by atoms with Crippen LogP contribution in [0.2, 0.25) is 15.1 Å². The second kappa shape index (κ2) is 15.9. The number of rotatable bonds is 11. The first-order chi connectivity index (χ1) is 18.8. The lowest BCUT2D eigenvalue weighted by molar-refractivity contribution is -0.129. The summed E-state index contributed by atoms with van der Waals surface area (Å²) >= 11 is 18.7. The van der Waals surface area contributed by atoms with E-state index < -0.39 is 0 Å². The molecule has 4 rings (SSSR count). The molecule has 40 heavy (non-hydrogen) atoms. The second-order valence-electron chi connectivity index (χ2n) is 10.6. The lowest BCUT2D eigenvalue weighted by atomic mass is 9.85. The van der Waals surface area contributed by atoms with Crippen molar-refractivity contribution in [2.45, 2.75) is 44.6 Å². The highest BCUT2D eigenvalue weighted by Gasteiger charge is 2.23. The molecule has 1 saturated heterocycles. The van der Waals surface area contributed by atoms with Crippen LogP contribution in [0.1, 0.15) is 48.3 Å². The average molecular weight is 624 g/mol. The Labute approximate surface area is 260 Å². The molecule has 0 saturated carbocycles. The van der Waals surface area contributed by atoms with Gasteiger partial charge in [-0.15, -0.1) is 12.4 Å². The third-order valence-electron chi connectivity index (χ3n) is 7.78. The Morgan fingerprint density at radius 3 is 2.35 bits per heavy atom. The third-order valence-corrected chi connectivity index (χ3v) is 8.75. The van der Waals surface area contributed by atoms with Crippen LogP contribution in [0.5, 0.6) is 5.75 Å². The number of ether oxygens (including phenoxy) is 1. The summed E-state index contributed by atoms with van der Waals surface area (Å²) in [5.74, 6) is 1.83. The Bertz CT molecular complexity index is 1230. The molecule has 216 valence electrons. The fourth-order valence-corrected chi connectivity index (χ4v) is 5.90. The van der Waals surface area contributed by atoms with Crippen molar-refractivity contribution in [1.29, 1.82) is 0 Å². The number of amides is 1. The third kappa shape index (κ3) is 9.56. The molecule has 1 amide bonds. The molecule has 1 fully saturated rings. The highest BCUT2D eigenvalue weighted by Crippen LogP contribution is 2.32. The van der Waals surface area contributed by atoms with Gasteiger partial charge >= 0.3 is 0 Å². The molecular weight excluding hydrogens is 586 g/mol. The number of carbonyl (C=O) groups excluding carboxylic acids is 1. The smallest absolute Gasteiger partial charge is 0.226 e. The molecule has 1 unspecified atom stereocenters. The maximum absolute atomic E-state index is 13.1. The van der Waals surface area contributed by atoms with E-state index in [-0.39, 0.29) is 24.2 Å². The Morgan fingerprint density at radius 1 is 0.975 bits per heavy atom. The highest BCUT2D eigenvalue weighted by molar-refractivity contribution is 6.42. The predicted molar refractivity (Wildman–Crippen MR) is 169 cm³/mol. The van der Waals surface area contributed by atoms with Crippen LogP contribution in [-0.2, 0) is 17.8 Å². The molecule has 0 bridgehead atoms. The highest BCUT2D eigenvalue weighted by atomic mass is 35.5. The van der Waals surface area contributed by atoms with Crippen molar-refractivity contribution in [3.63, 3.8) is 0 Å². The van der Waals surface area contributed by atoms with Gasteiger partial charge in [0.05, 0.1) is 23.6 Å². The first-order valence-corrected chi connectivity index (χ1v) is 14.7. The van der Waals surface area contributed by atoms with Crippen LogP contribution in [0.15, 0.2) is 66.7 Å². The number of benzene rings is 3. The van der Waals surface area contributed by atoms with Crippen molar-refractivity contribution in [3.8, 4) is 5.75 Å². The summed E-state index contributed by atoms with van der Waals surface area (Å²) in [6.45, 7) is 3.81. The van der Waals surface area contributed by atoms with Gasteiger partial charge in [0.25, 0.3) is 0 Å². The maximum atomic E-state index is 13.1. The van der Waals surface area contributed by atoms with E-state index in [1.54, 1.807) is 7.11 Å². The number of hydrogen-bond acceptors (Lipinski definition) is 3. The van der Waals surface area contributed by atoms with Gasteiger partial charge in [0.1, 0.15) is 5.75 Å². The standard InChI is InChI=1S/C32H37Cl3N2O2.ClH/c1-36(32(38)19-25-4-3-5-28(33)18-25)22-27(26-10-13-30(34)31(35)20-26)9-6-23-14-16-37(17-15-23)21-24-7-11-29(39-2)12-8-24;/h3-5,7-8,10-13,18,20,23,27H,6,9,14-17,19,21-22H2,1-2H3;1H. The molecule has 0 aromatic heterocycles. The number of nitrogens with zero attached hydrogens (tertiary/aromatic N) is 2. The Kier molecular flexibility index (Phi) is 12.9. The van der Waals surface area contributed by atoms with Crippen molar-refractivity contribution in [1.82, 2.24) is 9.80 Å². The summed E-state index contributed by atoms with van der Waals surface area (Å²) in [6.07, 6.45) is 4.83. The van der Waals surface area contributed by atoms with Crippen molar-refractivity contribution in [2.75, 3.05) is 33.8 Å². The van der Waals surface area contributed by atoms with Crippen molar-refractivity contribution < 1.29 is 9.53 Å². The van der Waals surface area contributed by atoms with Gasteiger partial charge in [-0.05, 0) is 97.8 Å². The molecule has 8 heteroatoms. The van der Waals surface area contributed by atoms with Gasteiger partial charge in [-0.2, -0.15) is 0 Å². The molecule has 0 aliphatic carbocycles. The van der Waals surface area contributed by atoms with Crippen LogP contribution >= 0.6 is 47.2 Å². The first-order valence-electron chi connectivity index (χ1n) is 13.6. The number of likely N-dealkylation sites (tertiary alicyclic amines) is 1. The Morgan fingerprint density at radius 2 is 1.70 bits per heavy atom. The molecule has 1 atom stereocenters. The topological polar surface area (TPSA) is 32.8 Å². The molecule has 0 N–H and O–H groups in total. The minimum absolute atomic E-state index is 0. The summed E-state index contributed by atoms with van der Waals surface area (Å²) in [5, 5.41) is 1.75. The molecule has 1 aliphatic heterocycles. The van der Waals surface area contributed by atoms with Crippen LogP contribution in [0.3, 0.4) is 0 Å². The minimum Gasteiger partial charge on any atom is -0.497 e. The first kappa shape index (κ1) is 32.6.